The van der Waals surface area contributed by atoms with Crippen LogP contribution in [-0.2, 0) is 22.3 Å². The van der Waals surface area contributed by atoms with E-state index in [1.54, 1.807) is 4.90 Å². The number of halogens is 3. The fourth-order valence-electron chi connectivity index (χ4n) is 3.67. The Morgan fingerprint density at radius 3 is 2.32 bits per heavy atom. The lowest BCUT2D eigenvalue weighted by Gasteiger charge is -2.38. The fourth-order valence-corrected chi connectivity index (χ4v) is 3.67. The predicted molar refractivity (Wildman–Crippen MR) is 121 cm³/mol. The maximum Gasteiger partial charge on any atom is 0.417 e. The van der Waals surface area contributed by atoms with Gasteiger partial charge in [0.05, 0.1) is 5.56 Å². The lowest BCUT2D eigenvalue weighted by Crippen LogP contribution is -2.56. The number of alkyl carbamates (subject to hydrolysis) is 1. The van der Waals surface area contributed by atoms with Gasteiger partial charge in [-0.1, -0.05) is 50.6 Å². The summed E-state index contributed by atoms with van der Waals surface area (Å²) in [7, 11) is 0. The van der Waals surface area contributed by atoms with Crippen molar-refractivity contribution in [2.45, 2.75) is 39.1 Å². The number of amides is 2. The van der Waals surface area contributed by atoms with E-state index in [0.29, 0.717) is 38.4 Å². The van der Waals surface area contributed by atoms with Gasteiger partial charge in [0.1, 0.15) is 18.5 Å². The van der Waals surface area contributed by atoms with E-state index in [-0.39, 0.29) is 18.4 Å². The average Bonchev–Trinajstić information content (AvgIpc) is 2.85. The van der Waals surface area contributed by atoms with E-state index < -0.39 is 23.9 Å². The zero-order chi connectivity index (χ0) is 24.7. The third kappa shape index (κ3) is 6.61. The van der Waals surface area contributed by atoms with E-state index in [4.69, 9.17) is 4.74 Å². The molecule has 7 nitrogen and oxygen atoms in total. The molecular weight excluding hydrogens is 449 g/mol. The monoisotopic (exact) mass is 478 g/mol. The molecule has 0 radical (unpaired) electrons. The first-order valence-electron chi connectivity index (χ1n) is 11.2. The van der Waals surface area contributed by atoms with Crippen LogP contribution in [0, 0.1) is 5.92 Å². The van der Waals surface area contributed by atoms with E-state index in [1.165, 1.54) is 6.07 Å². The van der Waals surface area contributed by atoms with E-state index >= 15 is 0 Å². The Morgan fingerprint density at radius 2 is 1.76 bits per heavy atom. The van der Waals surface area contributed by atoms with Gasteiger partial charge >= 0.3 is 12.3 Å². The van der Waals surface area contributed by atoms with Crippen LogP contribution in [-0.4, -0.2) is 54.1 Å². The number of carbonyl (C=O) groups excluding carboxylic acids is 2. The molecule has 10 heteroatoms. The van der Waals surface area contributed by atoms with Crippen molar-refractivity contribution in [1.29, 1.82) is 0 Å². The summed E-state index contributed by atoms with van der Waals surface area (Å²) >= 11 is 0. The molecule has 1 N–H and O–H groups in total. The summed E-state index contributed by atoms with van der Waals surface area (Å²) in [5, 5.41) is 2.71. The van der Waals surface area contributed by atoms with Crippen LogP contribution >= 0.6 is 0 Å². The number of rotatable bonds is 7. The van der Waals surface area contributed by atoms with Crippen LogP contribution < -0.4 is 10.2 Å². The van der Waals surface area contributed by atoms with Crippen molar-refractivity contribution in [2.24, 2.45) is 5.92 Å². The van der Waals surface area contributed by atoms with Gasteiger partial charge < -0.3 is 19.9 Å². The van der Waals surface area contributed by atoms with E-state index in [9.17, 15) is 22.8 Å². The molecule has 1 fully saturated rings. The molecule has 1 aromatic carbocycles. The number of benzene rings is 1. The number of carbonyl (C=O) groups is 2. The van der Waals surface area contributed by atoms with Crippen LogP contribution in [0.5, 0.6) is 0 Å². The van der Waals surface area contributed by atoms with Gasteiger partial charge in [-0.15, -0.1) is 0 Å². The minimum atomic E-state index is -4.43. The number of nitrogens with one attached hydrogen (secondary N) is 1. The second-order valence-corrected chi connectivity index (χ2v) is 8.28. The molecule has 184 valence electrons. The van der Waals surface area contributed by atoms with Gasteiger partial charge in [-0.25, -0.2) is 9.78 Å². The number of aromatic nitrogens is 1. The summed E-state index contributed by atoms with van der Waals surface area (Å²) in [5.74, 6) is 0.124. The molecule has 0 spiro atoms. The number of ether oxygens (including phenoxy) is 1. The average molecular weight is 479 g/mol. The fraction of sp³-hybridized carbons (Fsp3) is 0.458. The van der Waals surface area contributed by atoms with Gasteiger partial charge in [-0.3, -0.25) is 4.79 Å². The third-order valence-corrected chi connectivity index (χ3v) is 5.96. The standard InChI is InChI=1S/C24H29F3N4O3/c1-3-17(2)21(29-23(33)34-16-18-7-5-4-6-8-18)22(32)31-13-11-30(12-14-31)20-10-9-19(15-28-20)24(25,26)27/h4-10,15,17,21H,3,11-14,16H2,1-2H3,(H,29,33)/t17-,21-/m0/s1. The molecule has 3 rings (SSSR count). The lowest BCUT2D eigenvalue weighted by atomic mass is 9.97. The van der Waals surface area contributed by atoms with Crippen LogP contribution in [0.25, 0.3) is 0 Å². The number of nitrogens with zero attached hydrogens (tertiary/aromatic N) is 3. The van der Waals surface area contributed by atoms with Crippen LogP contribution in [0.3, 0.4) is 0 Å². The molecule has 0 aliphatic carbocycles. The molecule has 0 unspecified atom stereocenters. The largest absolute Gasteiger partial charge is 0.445 e. The highest BCUT2D eigenvalue weighted by Gasteiger charge is 2.33. The summed E-state index contributed by atoms with van der Waals surface area (Å²) < 4.78 is 43.6. The van der Waals surface area contributed by atoms with Crippen molar-refractivity contribution in [3.8, 4) is 0 Å². The molecule has 2 amide bonds. The quantitative estimate of drug-likeness (QED) is 0.649. The first-order chi connectivity index (χ1) is 16.2. The zero-order valence-electron chi connectivity index (χ0n) is 19.2. The summed E-state index contributed by atoms with van der Waals surface area (Å²) in [4.78, 5) is 33.0. The molecule has 1 saturated heterocycles. The van der Waals surface area contributed by atoms with Gasteiger partial charge in [0.25, 0.3) is 0 Å². The second-order valence-electron chi connectivity index (χ2n) is 8.28. The number of pyridine rings is 1. The number of hydrogen-bond donors (Lipinski definition) is 1. The van der Waals surface area contributed by atoms with Gasteiger partial charge in [0.15, 0.2) is 0 Å². The smallest absolute Gasteiger partial charge is 0.417 e. The van der Waals surface area contributed by atoms with Crippen LogP contribution in [0.2, 0.25) is 0 Å². The molecule has 2 atom stereocenters. The first-order valence-corrected chi connectivity index (χ1v) is 11.2. The summed E-state index contributed by atoms with van der Waals surface area (Å²) in [5.41, 5.74) is 0.0451. The van der Waals surface area contributed by atoms with Gasteiger partial charge in [-0.2, -0.15) is 13.2 Å². The molecule has 2 heterocycles. The Bertz CT molecular complexity index is 946. The van der Waals surface area contributed by atoms with E-state index in [2.05, 4.69) is 10.3 Å². The van der Waals surface area contributed by atoms with Gasteiger partial charge in [-0.05, 0) is 23.6 Å². The van der Waals surface area contributed by atoms with Crippen LogP contribution in [0.4, 0.5) is 23.8 Å². The van der Waals surface area contributed by atoms with Crippen molar-refractivity contribution in [2.75, 3.05) is 31.1 Å². The predicted octanol–water partition coefficient (Wildman–Crippen LogP) is 4.09. The van der Waals surface area contributed by atoms with Crippen LogP contribution in [0.1, 0.15) is 31.4 Å². The summed E-state index contributed by atoms with van der Waals surface area (Å²) in [6.45, 7) is 5.53. The van der Waals surface area contributed by atoms with Crippen molar-refractivity contribution in [3.63, 3.8) is 0 Å². The maximum absolute atomic E-state index is 13.2. The lowest BCUT2D eigenvalue weighted by molar-refractivity contribution is -0.138. The number of piperazine rings is 1. The molecule has 0 saturated carbocycles. The highest BCUT2D eigenvalue weighted by atomic mass is 19.4. The first kappa shape index (κ1) is 25.3. The highest BCUT2D eigenvalue weighted by Crippen LogP contribution is 2.29. The maximum atomic E-state index is 13.2. The minimum absolute atomic E-state index is 0.104. The van der Waals surface area contributed by atoms with Crippen molar-refractivity contribution < 1.29 is 27.5 Å². The molecule has 34 heavy (non-hydrogen) atoms. The Labute approximate surface area is 196 Å². The normalized spacial score (nSPS) is 16.0. The molecule has 1 aliphatic rings. The Hall–Kier alpha value is -3.30. The van der Waals surface area contributed by atoms with Crippen molar-refractivity contribution in [3.05, 3.63) is 59.8 Å². The number of anilines is 1. The topological polar surface area (TPSA) is 74.8 Å². The number of alkyl halides is 3. The van der Waals surface area contributed by atoms with Gasteiger partial charge in [0, 0.05) is 32.4 Å². The Morgan fingerprint density at radius 1 is 1.09 bits per heavy atom. The van der Waals surface area contributed by atoms with Gasteiger partial charge in [0.2, 0.25) is 5.91 Å². The molecule has 1 aromatic heterocycles. The Kier molecular flexibility index (Phi) is 8.36. The zero-order valence-corrected chi connectivity index (χ0v) is 19.2. The van der Waals surface area contributed by atoms with Crippen molar-refractivity contribution in [1.82, 2.24) is 15.2 Å². The summed E-state index contributed by atoms with van der Waals surface area (Å²) in [6.07, 6.45) is -3.59. The highest BCUT2D eigenvalue weighted by molar-refractivity contribution is 5.86. The molecule has 2 aromatic rings. The minimum Gasteiger partial charge on any atom is -0.445 e. The second kappa shape index (κ2) is 11.2. The molecule has 1 aliphatic heterocycles. The van der Waals surface area contributed by atoms with E-state index in [1.807, 2.05) is 49.1 Å². The molecule has 0 bridgehead atoms. The third-order valence-electron chi connectivity index (χ3n) is 5.96. The van der Waals surface area contributed by atoms with Crippen molar-refractivity contribution >= 4 is 17.8 Å². The number of hydrogen-bond acceptors (Lipinski definition) is 5. The summed E-state index contributed by atoms with van der Waals surface area (Å²) in [6, 6.07) is 10.9. The van der Waals surface area contributed by atoms with Crippen LogP contribution in [0.15, 0.2) is 48.7 Å². The molecular formula is C24H29F3N4O3. The van der Waals surface area contributed by atoms with E-state index in [0.717, 1.165) is 17.8 Å². The Balaban J connectivity index is 1.56. The SMILES string of the molecule is CC[C@H](C)[C@H](NC(=O)OCc1ccccc1)C(=O)N1CCN(c2ccc(C(F)(F)F)cn2)CC1.